The summed E-state index contributed by atoms with van der Waals surface area (Å²) in [6.07, 6.45) is 2.64. The van der Waals surface area contributed by atoms with E-state index in [-0.39, 0.29) is 30.9 Å². The molecule has 166 valence electrons. The Morgan fingerprint density at radius 2 is 1.87 bits per heavy atom. The zero-order valence-corrected chi connectivity index (χ0v) is 18.3. The molecule has 2 aromatic rings. The predicted molar refractivity (Wildman–Crippen MR) is 116 cm³/mol. The van der Waals surface area contributed by atoms with Gasteiger partial charge >= 0.3 is 0 Å². The molecule has 2 fully saturated rings. The van der Waals surface area contributed by atoms with Crippen LogP contribution < -0.4 is 14.5 Å². The molecule has 1 unspecified atom stereocenters. The van der Waals surface area contributed by atoms with Gasteiger partial charge in [-0.3, -0.25) is 0 Å². The Morgan fingerprint density at radius 3 is 2.48 bits per heavy atom. The fourth-order valence-corrected chi connectivity index (χ4v) is 4.42. The topological polar surface area (TPSA) is 58.6 Å². The Bertz CT molecular complexity index is 949. The van der Waals surface area contributed by atoms with Gasteiger partial charge in [0, 0.05) is 19.4 Å². The van der Waals surface area contributed by atoms with E-state index in [9.17, 15) is 13.6 Å². The van der Waals surface area contributed by atoms with Crippen LogP contribution in [-0.4, -0.2) is 54.0 Å². The van der Waals surface area contributed by atoms with Gasteiger partial charge in [0.05, 0.1) is 19.6 Å². The molecule has 0 saturated carbocycles. The first-order chi connectivity index (χ1) is 14.7. The van der Waals surface area contributed by atoms with Crippen LogP contribution in [0.15, 0.2) is 30.6 Å². The third-order valence-electron chi connectivity index (χ3n) is 5.69. The van der Waals surface area contributed by atoms with Crippen LogP contribution in [-0.2, 0) is 4.79 Å². The number of nitrogens with zero attached hydrogens (tertiary/aromatic N) is 4. The fourth-order valence-electron chi connectivity index (χ4n) is 4.09. The molecule has 31 heavy (non-hydrogen) atoms. The van der Waals surface area contributed by atoms with Crippen LogP contribution >= 0.6 is 11.6 Å². The summed E-state index contributed by atoms with van der Waals surface area (Å²) in [7, 11) is 0. The van der Waals surface area contributed by atoms with Gasteiger partial charge in [0.1, 0.15) is 29.0 Å². The molecule has 0 amide bonds. The van der Waals surface area contributed by atoms with E-state index in [2.05, 4.69) is 9.97 Å². The van der Waals surface area contributed by atoms with Gasteiger partial charge in [0.2, 0.25) is 0 Å². The largest absolute Gasteiger partial charge is 0.489 e. The molecule has 9 heteroatoms. The van der Waals surface area contributed by atoms with Crippen molar-refractivity contribution >= 4 is 29.0 Å². The lowest BCUT2D eigenvalue weighted by atomic mass is 9.96. The number of carbonyl (C=O) groups is 1. The first kappa shape index (κ1) is 21.7. The molecule has 2 saturated heterocycles. The molecular formula is C22H25ClF2N4O2. The molecule has 1 aromatic carbocycles. The van der Waals surface area contributed by atoms with Crippen molar-refractivity contribution in [2.45, 2.75) is 44.6 Å². The third kappa shape index (κ3) is 4.89. The summed E-state index contributed by atoms with van der Waals surface area (Å²) in [5.41, 5.74) is 1.10. The second kappa shape index (κ2) is 8.57. The normalized spacial score (nSPS) is 21.0. The molecule has 0 bridgehead atoms. The van der Waals surface area contributed by atoms with E-state index in [0.29, 0.717) is 36.2 Å². The highest BCUT2D eigenvalue weighted by Gasteiger charge is 2.45. The molecule has 2 aliphatic rings. The lowest BCUT2D eigenvalue weighted by molar-refractivity contribution is -0.117. The lowest BCUT2D eigenvalue weighted by Crippen LogP contribution is -2.56. The van der Waals surface area contributed by atoms with E-state index in [1.807, 2.05) is 36.1 Å². The highest BCUT2D eigenvalue weighted by molar-refractivity contribution is 6.35. The number of alkyl halides is 2. The second-order valence-corrected chi connectivity index (χ2v) is 8.78. The van der Waals surface area contributed by atoms with Gasteiger partial charge in [-0.1, -0.05) is 30.7 Å². The zero-order chi connectivity index (χ0) is 22.2. The molecule has 4 rings (SSSR count). The Balaban J connectivity index is 1.37. The number of hydrogen-bond acceptors (Lipinski definition) is 6. The highest BCUT2D eigenvalue weighted by atomic mass is 35.5. The first-order valence-corrected chi connectivity index (χ1v) is 10.7. The van der Waals surface area contributed by atoms with E-state index in [0.717, 1.165) is 17.7 Å². The summed E-state index contributed by atoms with van der Waals surface area (Å²) < 4.78 is 32.6. The average molecular weight is 451 g/mol. The number of rotatable bonds is 7. The zero-order valence-electron chi connectivity index (χ0n) is 17.5. The van der Waals surface area contributed by atoms with Crippen LogP contribution in [0.1, 0.15) is 38.2 Å². The average Bonchev–Trinajstić information content (AvgIpc) is 3.14. The van der Waals surface area contributed by atoms with Gasteiger partial charge in [0.25, 0.3) is 5.92 Å². The minimum absolute atomic E-state index is 0.0386. The van der Waals surface area contributed by atoms with Crippen molar-refractivity contribution in [2.24, 2.45) is 0 Å². The number of ether oxygens (including phenoxy) is 1. The van der Waals surface area contributed by atoms with Gasteiger partial charge in [-0.15, -0.1) is 0 Å². The van der Waals surface area contributed by atoms with Gasteiger partial charge in [-0.25, -0.2) is 18.7 Å². The Hall–Kier alpha value is -2.48. The maximum atomic E-state index is 13.2. The number of ketones is 1. The summed E-state index contributed by atoms with van der Waals surface area (Å²) in [5, 5.41) is 0.294. The van der Waals surface area contributed by atoms with Crippen molar-refractivity contribution in [3.8, 4) is 5.75 Å². The Morgan fingerprint density at radius 1 is 1.23 bits per heavy atom. The second-order valence-electron chi connectivity index (χ2n) is 8.40. The molecule has 2 atom stereocenters. The minimum atomic E-state index is -2.69. The van der Waals surface area contributed by atoms with Crippen LogP contribution in [0.25, 0.3) is 0 Å². The van der Waals surface area contributed by atoms with Crippen molar-refractivity contribution < 1.29 is 18.3 Å². The summed E-state index contributed by atoms with van der Waals surface area (Å²) in [6, 6.07) is 7.83. The summed E-state index contributed by atoms with van der Waals surface area (Å²) >= 11 is 6.46. The SMILES string of the molecule is CC(=O)C[C@@H](C)c1ccc(OC2CCN(c3ncnc(N4CC(F)(F)C4)c3Cl)C2)cc1. The van der Waals surface area contributed by atoms with Crippen molar-refractivity contribution in [1.82, 2.24) is 9.97 Å². The first-order valence-electron chi connectivity index (χ1n) is 10.4. The summed E-state index contributed by atoms with van der Waals surface area (Å²) in [5.74, 6) is -0.691. The van der Waals surface area contributed by atoms with Crippen LogP contribution in [0.3, 0.4) is 0 Å². The standard InChI is InChI=1S/C22H25ClF2N4O2/c1-14(9-15(2)30)16-3-5-17(6-4-16)31-18-7-8-28(10-18)20-19(23)21(27-13-26-20)29-11-22(24,25)12-29/h3-6,13-14,18H,7-12H2,1-2H3/t14-,18?/m1/s1. The highest BCUT2D eigenvalue weighted by Crippen LogP contribution is 2.38. The lowest BCUT2D eigenvalue weighted by Gasteiger charge is -2.40. The van der Waals surface area contributed by atoms with Crippen LogP contribution in [0, 0.1) is 0 Å². The molecule has 2 aliphatic heterocycles. The quantitative estimate of drug-likeness (QED) is 0.626. The number of halogens is 3. The van der Waals surface area contributed by atoms with Crippen LogP contribution in [0.4, 0.5) is 20.4 Å². The molecular weight excluding hydrogens is 426 g/mol. The number of hydrogen-bond donors (Lipinski definition) is 0. The molecule has 0 radical (unpaired) electrons. The third-order valence-corrected chi connectivity index (χ3v) is 6.02. The summed E-state index contributed by atoms with van der Waals surface area (Å²) in [6.45, 7) is 4.17. The number of carbonyl (C=O) groups excluding carboxylic acids is 1. The molecule has 3 heterocycles. The monoisotopic (exact) mass is 450 g/mol. The Kier molecular flexibility index (Phi) is 6.01. The van der Waals surface area contributed by atoms with Crippen molar-refractivity contribution in [2.75, 3.05) is 36.0 Å². The van der Waals surface area contributed by atoms with E-state index in [1.165, 1.54) is 11.2 Å². The van der Waals surface area contributed by atoms with Gasteiger partial charge in [-0.2, -0.15) is 0 Å². The van der Waals surface area contributed by atoms with Crippen LogP contribution in [0.5, 0.6) is 5.75 Å². The van der Waals surface area contributed by atoms with Gasteiger partial charge < -0.3 is 19.3 Å². The van der Waals surface area contributed by atoms with Crippen molar-refractivity contribution in [1.29, 1.82) is 0 Å². The number of benzene rings is 1. The Labute approximate surface area is 185 Å². The van der Waals surface area contributed by atoms with Crippen molar-refractivity contribution in [3.05, 3.63) is 41.2 Å². The predicted octanol–water partition coefficient (Wildman–Crippen LogP) is 4.33. The van der Waals surface area contributed by atoms with E-state index >= 15 is 0 Å². The molecule has 1 aromatic heterocycles. The fraction of sp³-hybridized carbons (Fsp3) is 0.500. The van der Waals surface area contributed by atoms with Crippen molar-refractivity contribution in [3.63, 3.8) is 0 Å². The molecule has 6 nitrogen and oxygen atoms in total. The van der Waals surface area contributed by atoms with Gasteiger partial charge in [-0.05, 0) is 30.5 Å². The number of anilines is 2. The van der Waals surface area contributed by atoms with E-state index in [1.54, 1.807) is 6.92 Å². The maximum absolute atomic E-state index is 13.2. The maximum Gasteiger partial charge on any atom is 0.282 e. The molecule has 0 spiro atoms. The smallest absolute Gasteiger partial charge is 0.282 e. The summed E-state index contributed by atoms with van der Waals surface area (Å²) in [4.78, 5) is 23.2. The molecule has 0 aliphatic carbocycles. The minimum Gasteiger partial charge on any atom is -0.489 e. The molecule has 0 N–H and O–H groups in total. The van der Waals surface area contributed by atoms with E-state index in [4.69, 9.17) is 16.3 Å². The number of aromatic nitrogens is 2. The van der Waals surface area contributed by atoms with Gasteiger partial charge in [0.15, 0.2) is 11.6 Å². The van der Waals surface area contributed by atoms with Crippen LogP contribution in [0.2, 0.25) is 5.02 Å². The number of Topliss-reactive ketones (excluding diaryl/α,β-unsaturated/α-hetero) is 1. The van der Waals surface area contributed by atoms with E-state index < -0.39 is 5.92 Å².